The average Bonchev–Trinajstić information content (AvgIpc) is 2.29. The predicted molar refractivity (Wildman–Crippen MR) is 74.9 cm³/mol. The fraction of sp³-hybridized carbons (Fsp3) is 0.385. The largest absolute Gasteiger partial charge is 0.389 e. The first-order chi connectivity index (χ1) is 8.32. The number of thiocarbonyl (C=S) groups is 1. The molecule has 1 amide bonds. The molecule has 0 saturated carbocycles. The maximum Gasteiger partial charge on any atom is 0.227 e. The molecule has 0 heterocycles. The van der Waals surface area contributed by atoms with Crippen molar-refractivity contribution in [3.8, 4) is 0 Å². The van der Waals surface area contributed by atoms with E-state index in [-0.39, 0.29) is 22.7 Å². The highest BCUT2D eigenvalue weighted by Gasteiger charge is 2.18. The molecule has 0 spiro atoms. The SMILES string of the molecule is CC(C)C(C)C(=O)Nc1ccc(F)cc1C(N)=S. The number of hydrogen-bond donors (Lipinski definition) is 2. The lowest BCUT2D eigenvalue weighted by atomic mass is 9.97. The van der Waals surface area contributed by atoms with Crippen molar-refractivity contribution in [3.05, 3.63) is 29.6 Å². The first-order valence-electron chi connectivity index (χ1n) is 5.73. The molecule has 3 N–H and O–H groups in total. The summed E-state index contributed by atoms with van der Waals surface area (Å²) in [5.41, 5.74) is 6.30. The van der Waals surface area contributed by atoms with E-state index < -0.39 is 5.82 Å². The van der Waals surface area contributed by atoms with Gasteiger partial charge in [0.15, 0.2) is 0 Å². The van der Waals surface area contributed by atoms with Gasteiger partial charge in [-0.05, 0) is 24.1 Å². The highest BCUT2D eigenvalue weighted by molar-refractivity contribution is 7.80. The number of halogens is 1. The Hall–Kier alpha value is -1.49. The Labute approximate surface area is 112 Å². The van der Waals surface area contributed by atoms with Crippen LogP contribution in [0.5, 0.6) is 0 Å². The lowest BCUT2D eigenvalue weighted by Crippen LogP contribution is -2.26. The number of carbonyl (C=O) groups is 1. The summed E-state index contributed by atoms with van der Waals surface area (Å²) in [5.74, 6) is -0.491. The maximum atomic E-state index is 13.1. The normalized spacial score (nSPS) is 12.3. The van der Waals surface area contributed by atoms with Gasteiger partial charge in [-0.2, -0.15) is 0 Å². The molecule has 0 radical (unpaired) electrons. The number of nitrogens with one attached hydrogen (secondary N) is 1. The van der Waals surface area contributed by atoms with E-state index in [0.29, 0.717) is 11.3 Å². The summed E-state index contributed by atoms with van der Waals surface area (Å²) in [6, 6.07) is 3.95. The minimum absolute atomic E-state index is 0.0574. The molecule has 0 aromatic heterocycles. The van der Waals surface area contributed by atoms with Crippen LogP contribution in [0.4, 0.5) is 10.1 Å². The number of rotatable bonds is 4. The van der Waals surface area contributed by atoms with Gasteiger partial charge in [0.25, 0.3) is 0 Å². The molecule has 0 aliphatic carbocycles. The molecule has 1 aromatic carbocycles. The number of benzene rings is 1. The molecular weight excluding hydrogens is 251 g/mol. The van der Waals surface area contributed by atoms with E-state index >= 15 is 0 Å². The maximum absolute atomic E-state index is 13.1. The highest BCUT2D eigenvalue weighted by Crippen LogP contribution is 2.19. The van der Waals surface area contributed by atoms with Gasteiger partial charge >= 0.3 is 0 Å². The van der Waals surface area contributed by atoms with Crippen molar-refractivity contribution >= 4 is 28.8 Å². The second-order valence-corrected chi connectivity index (χ2v) is 5.02. The molecule has 3 nitrogen and oxygen atoms in total. The van der Waals surface area contributed by atoms with Gasteiger partial charge in [0, 0.05) is 11.5 Å². The highest BCUT2D eigenvalue weighted by atomic mass is 32.1. The van der Waals surface area contributed by atoms with Crippen molar-refractivity contribution < 1.29 is 9.18 Å². The third-order valence-electron chi connectivity index (χ3n) is 2.92. The first-order valence-corrected chi connectivity index (χ1v) is 6.14. The van der Waals surface area contributed by atoms with Crippen LogP contribution in [0, 0.1) is 17.7 Å². The number of amides is 1. The minimum atomic E-state index is -0.437. The van der Waals surface area contributed by atoms with Crippen molar-refractivity contribution in [1.82, 2.24) is 0 Å². The molecule has 5 heteroatoms. The van der Waals surface area contributed by atoms with E-state index in [0.717, 1.165) is 0 Å². The predicted octanol–water partition coefficient (Wildman–Crippen LogP) is 2.69. The summed E-state index contributed by atoms with van der Waals surface area (Å²) in [6.07, 6.45) is 0. The van der Waals surface area contributed by atoms with E-state index in [4.69, 9.17) is 18.0 Å². The Morgan fingerprint density at radius 1 is 1.39 bits per heavy atom. The summed E-state index contributed by atoms with van der Waals surface area (Å²) in [5, 5.41) is 2.73. The molecule has 18 heavy (non-hydrogen) atoms. The van der Waals surface area contributed by atoms with Crippen LogP contribution < -0.4 is 11.1 Å². The van der Waals surface area contributed by atoms with Crippen molar-refractivity contribution in [1.29, 1.82) is 0 Å². The number of nitrogens with two attached hydrogens (primary N) is 1. The van der Waals surface area contributed by atoms with Crippen LogP contribution in [0.2, 0.25) is 0 Å². The summed E-state index contributed by atoms with van der Waals surface area (Å²) >= 11 is 4.84. The lowest BCUT2D eigenvalue weighted by Gasteiger charge is -2.17. The Balaban J connectivity index is 2.98. The average molecular weight is 268 g/mol. The molecule has 1 rings (SSSR count). The van der Waals surface area contributed by atoms with Crippen molar-refractivity contribution in [2.45, 2.75) is 20.8 Å². The van der Waals surface area contributed by atoms with Crippen LogP contribution in [0.3, 0.4) is 0 Å². The summed E-state index contributed by atoms with van der Waals surface area (Å²) < 4.78 is 13.1. The van der Waals surface area contributed by atoms with E-state index in [1.807, 2.05) is 20.8 Å². The molecule has 0 bridgehead atoms. The number of anilines is 1. The summed E-state index contributed by atoms with van der Waals surface area (Å²) in [4.78, 5) is 12.0. The Bertz CT molecular complexity index is 474. The molecule has 0 aliphatic rings. The minimum Gasteiger partial charge on any atom is -0.389 e. The fourth-order valence-corrected chi connectivity index (χ4v) is 1.55. The molecule has 0 aliphatic heterocycles. The standard InChI is InChI=1S/C13H17FN2OS/c1-7(2)8(3)13(17)16-11-5-4-9(14)6-10(11)12(15)18/h4-8H,1-3H3,(H2,15,18)(H,16,17). The lowest BCUT2D eigenvalue weighted by molar-refractivity contribution is -0.120. The quantitative estimate of drug-likeness (QED) is 0.825. The second-order valence-electron chi connectivity index (χ2n) is 4.58. The number of carbonyl (C=O) groups excluding carboxylic acids is 1. The monoisotopic (exact) mass is 268 g/mol. The third-order valence-corrected chi connectivity index (χ3v) is 3.14. The van der Waals surface area contributed by atoms with Gasteiger partial charge in [0.1, 0.15) is 10.8 Å². The van der Waals surface area contributed by atoms with Crippen molar-refractivity contribution in [2.75, 3.05) is 5.32 Å². The van der Waals surface area contributed by atoms with E-state index in [9.17, 15) is 9.18 Å². The second kappa shape index (κ2) is 5.91. The third kappa shape index (κ3) is 3.50. The molecule has 1 atom stereocenters. The van der Waals surface area contributed by atoms with Gasteiger partial charge in [0.2, 0.25) is 5.91 Å². The van der Waals surface area contributed by atoms with Gasteiger partial charge < -0.3 is 11.1 Å². The van der Waals surface area contributed by atoms with Gasteiger partial charge in [-0.25, -0.2) is 4.39 Å². The number of hydrogen-bond acceptors (Lipinski definition) is 2. The fourth-order valence-electron chi connectivity index (χ4n) is 1.38. The summed E-state index contributed by atoms with van der Waals surface area (Å²) in [7, 11) is 0. The zero-order chi connectivity index (χ0) is 13.9. The van der Waals surface area contributed by atoms with Crippen LogP contribution in [-0.4, -0.2) is 10.9 Å². The zero-order valence-corrected chi connectivity index (χ0v) is 11.5. The van der Waals surface area contributed by atoms with Crippen LogP contribution >= 0.6 is 12.2 Å². The molecule has 1 aromatic rings. The van der Waals surface area contributed by atoms with Gasteiger partial charge in [-0.15, -0.1) is 0 Å². The van der Waals surface area contributed by atoms with E-state index in [1.54, 1.807) is 0 Å². The van der Waals surface area contributed by atoms with Gasteiger partial charge in [-0.1, -0.05) is 33.0 Å². The van der Waals surface area contributed by atoms with E-state index in [1.165, 1.54) is 18.2 Å². The van der Waals surface area contributed by atoms with Crippen LogP contribution in [-0.2, 0) is 4.79 Å². The Morgan fingerprint density at radius 3 is 2.50 bits per heavy atom. The van der Waals surface area contributed by atoms with Gasteiger partial charge in [-0.3, -0.25) is 4.79 Å². The smallest absolute Gasteiger partial charge is 0.227 e. The van der Waals surface area contributed by atoms with Gasteiger partial charge in [0.05, 0.1) is 5.69 Å². The topological polar surface area (TPSA) is 55.1 Å². The Kier molecular flexibility index (Phi) is 4.78. The van der Waals surface area contributed by atoms with Crippen LogP contribution in [0.1, 0.15) is 26.3 Å². The zero-order valence-electron chi connectivity index (χ0n) is 10.7. The van der Waals surface area contributed by atoms with Crippen molar-refractivity contribution in [2.24, 2.45) is 17.6 Å². The van der Waals surface area contributed by atoms with Crippen LogP contribution in [0.25, 0.3) is 0 Å². The molecule has 98 valence electrons. The summed E-state index contributed by atoms with van der Waals surface area (Å²) in [6.45, 7) is 5.76. The molecule has 0 fully saturated rings. The van der Waals surface area contributed by atoms with Crippen LogP contribution in [0.15, 0.2) is 18.2 Å². The van der Waals surface area contributed by atoms with E-state index in [2.05, 4.69) is 5.32 Å². The molecular formula is C13H17FN2OS. The molecule has 1 unspecified atom stereocenters. The van der Waals surface area contributed by atoms with Crippen molar-refractivity contribution in [3.63, 3.8) is 0 Å². The molecule has 0 saturated heterocycles. The first kappa shape index (κ1) is 14.6. The Morgan fingerprint density at radius 2 is 2.00 bits per heavy atom.